The number of hydrogen-bond donors (Lipinski definition) is 1. The quantitative estimate of drug-likeness (QED) is 0.398. The molecule has 1 aliphatic carbocycles. The van der Waals surface area contributed by atoms with Gasteiger partial charge in [-0.3, -0.25) is 0 Å². The van der Waals surface area contributed by atoms with Crippen LogP contribution in [0.4, 0.5) is 0 Å². The van der Waals surface area contributed by atoms with Crippen molar-refractivity contribution < 1.29 is 0 Å². The predicted octanol–water partition coefficient (Wildman–Crippen LogP) is 2.79. The van der Waals surface area contributed by atoms with Crippen LogP contribution in [0.25, 0.3) is 0 Å². The van der Waals surface area contributed by atoms with Gasteiger partial charge >= 0.3 is 0 Å². The van der Waals surface area contributed by atoms with Crippen LogP contribution in [0.5, 0.6) is 0 Å². The summed E-state index contributed by atoms with van der Waals surface area (Å²) >= 11 is 8.61. The van der Waals surface area contributed by atoms with Gasteiger partial charge in [0.15, 0.2) is 12.2 Å². The van der Waals surface area contributed by atoms with Crippen LogP contribution in [-0.4, -0.2) is 4.20 Å². The molecule has 1 rings (SSSR count). The summed E-state index contributed by atoms with van der Waals surface area (Å²) in [6, 6.07) is 0. The summed E-state index contributed by atoms with van der Waals surface area (Å²) in [5.41, 5.74) is 0. The maximum atomic E-state index is 4.30. The largest absolute Gasteiger partial charge is 0.232 e. The first-order valence-corrected chi connectivity index (χ1v) is 5.75. The van der Waals surface area contributed by atoms with Gasteiger partial charge in [0.1, 0.15) is 0 Å². The average molecular weight is 203 g/mol. The minimum Gasteiger partial charge on any atom is -0.0869 e. The molecule has 0 radical (unpaired) electrons. The second-order valence-corrected chi connectivity index (χ2v) is 5.53. The zero-order chi connectivity index (χ0) is 9.14. The molecule has 0 amide bonds. The Hall–Kier alpha value is 0.440. The lowest BCUT2D eigenvalue weighted by molar-refractivity contribution is 0.258. The predicted molar refractivity (Wildman–Crippen MR) is 63.0 cm³/mol. The van der Waals surface area contributed by atoms with Gasteiger partial charge in [-0.05, 0) is 37.5 Å². The highest BCUT2D eigenvalue weighted by Gasteiger charge is 2.26. The molecule has 0 aromatic heterocycles. The third-order valence-corrected chi connectivity index (χ3v) is 3.81. The Labute approximate surface area is 86.5 Å². The van der Waals surface area contributed by atoms with Crippen LogP contribution in [0, 0.1) is 17.8 Å². The Kier molecular flexibility index (Phi) is 4.04. The van der Waals surface area contributed by atoms with E-state index in [9.17, 15) is 0 Å². The summed E-state index contributed by atoms with van der Waals surface area (Å²) in [6.45, 7) is 4.66. The van der Waals surface area contributed by atoms with E-state index in [1.165, 1.54) is 25.7 Å². The van der Waals surface area contributed by atoms with Crippen LogP contribution in [0.15, 0.2) is 0 Å². The van der Waals surface area contributed by atoms with Gasteiger partial charge < -0.3 is 0 Å². The van der Waals surface area contributed by atoms with E-state index in [1.807, 2.05) is 0 Å². The maximum Gasteiger partial charge on any atom is 0.232 e. The Morgan fingerprint density at radius 1 is 1.25 bits per heavy atom. The van der Waals surface area contributed by atoms with E-state index in [0.717, 1.165) is 16.0 Å². The third kappa shape index (κ3) is 2.74. The molecule has 0 unspecified atom stereocenters. The number of hydrogen-bond acceptors (Lipinski definition) is 0. The molecule has 12 heavy (non-hydrogen) atoms. The molecule has 0 aromatic carbocycles. The van der Waals surface area contributed by atoms with E-state index in [1.54, 1.807) is 0 Å². The Morgan fingerprint density at radius 3 is 2.08 bits per heavy atom. The van der Waals surface area contributed by atoms with Gasteiger partial charge in [-0.25, -0.2) is 0 Å². The summed E-state index contributed by atoms with van der Waals surface area (Å²) in [4.78, 5) is 0. The van der Waals surface area contributed by atoms with Crippen molar-refractivity contribution >= 4 is 29.0 Å². The van der Waals surface area contributed by atoms with Crippen LogP contribution < -0.4 is 0 Å². The van der Waals surface area contributed by atoms with Crippen LogP contribution in [-0.2, 0) is 12.2 Å². The van der Waals surface area contributed by atoms with Crippen molar-refractivity contribution in [1.29, 1.82) is 0 Å². The zero-order valence-corrected chi connectivity index (χ0v) is 9.74. The van der Waals surface area contributed by atoms with Crippen molar-refractivity contribution in [3.8, 4) is 0 Å². The van der Waals surface area contributed by atoms with Crippen LogP contribution >= 0.6 is 12.6 Å². The normalized spacial score (nSPS) is 30.7. The Morgan fingerprint density at radius 2 is 1.75 bits per heavy atom. The second kappa shape index (κ2) is 4.61. The lowest BCUT2D eigenvalue weighted by Gasteiger charge is -2.28. The molecule has 0 bridgehead atoms. The fraction of sp³-hybridized carbons (Fsp3) is 0.900. The Bertz CT molecular complexity index is 155. The molecule has 0 atom stereocenters. The SMILES string of the molecule is CC(C)C1CCC(C(S)=[SH+])CC1. The highest BCUT2D eigenvalue weighted by molar-refractivity contribution is 8.06. The smallest absolute Gasteiger partial charge is 0.0869 e. The fourth-order valence-electron chi connectivity index (χ4n) is 2.04. The molecule has 1 fully saturated rings. The summed E-state index contributed by atoms with van der Waals surface area (Å²) in [6.07, 6.45) is 5.33. The van der Waals surface area contributed by atoms with Crippen molar-refractivity contribution in [3.05, 3.63) is 0 Å². The molecule has 1 aliphatic rings. The highest BCUT2D eigenvalue weighted by atomic mass is 32.1. The van der Waals surface area contributed by atoms with Crippen molar-refractivity contribution in [2.24, 2.45) is 17.8 Å². The van der Waals surface area contributed by atoms with Gasteiger partial charge in [0.2, 0.25) is 4.20 Å². The summed E-state index contributed by atoms with van der Waals surface area (Å²) in [5, 5.41) is 0. The molecule has 0 spiro atoms. The van der Waals surface area contributed by atoms with Gasteiger partial charge in [0.25, 0.3) is 0 Å². The van der Waals surface area contributed by atoms with Gasteiger partial charge in [0.05, 0.1) is 0 Å². The first kappa shape index (κ1) is 10.5. The second-order valence-electron chi connectivity index (χ2n) is 4.21. The lowest BCUT2D eigenvalue weighted by Crippen LogP contribution is -2.21. The van der Waals surface area contributed by atoms with Crippen molar-refractivity contribution in [1.82, 2.24) is 0 Å². The van der Waals surface area contributed by atoms with E-state index < -0.39 is 0 Å². The molecular formula is C10H19S2+. The first-order chi connectivity index (χ1) is 5.61. The van der Waals surface area contributed by atoms with E-state index in [-0.39, 0.29) is 0 Å². The molecule has 0 N–H and O–H groups in total. The average Bonchev–Trinajstić information content (AvgIpc) is 2.04. The monoisotopic (exact) mass is 203 g/mol. The summed E-state index contributed by atoms with van der Waals surface area (Å²) < 4.78 is 1.04. The zero-order valence-electron chi connectivity index (χ0n) is 7.95. The Balaban J connectivity index is 2.34. The minimum atomic E-state index is 0.673. The van der Waals surface area contributed by atoms with Gasteiger partial charge in [0, 0.05) is 5.92 Å². The van der Waals surface area contributed by atoms with Crippen molar-refractivity contribution in [2.45, 2.75) is 39.5 Å². The number of thiol groups is 2. The van der Waals surface area contributed by atoms with Gasteiger partial charge in [-0.1, -0.05) is 26.5 Å². The van der Waals surface area contributed by atoms with Gasteiger partial charge in [-0.15, -0.1) is 0 Å². The van der Waals surface area contributed by atoms with E-state index in [2.05, 4.69) is 38.7 Å². The molecular weight excluding hydrogens is 184 g/mol. The lowest BCUT2D eigenvalue weighted by atomic mass is 9.77. The summed E-state index contributed by atoms with van der Waals surface area (Å²) in [5.74, 6) is 2.48. The molecule has 0 aliphatic heterocycles. The standard InChI is InChI=1S/C10H18S2/c1-7(2)8-3-5-9(6-4-8)10(11)12/h7-9H,3-6H2,1-2H3,(H,11,12)/p+1. The van der Waals surface area contributed by atoms with Crippen LogP contribution in [0.3, 0.4) is 0 Å². The molecule has 1 saturated carbocycles. The van der Waals surface area contributed by atoms with Crippen molar-refractivity contribution in [2.75, 3.05) is 0 Å². The fourth-order valence-corrected chi connectivity index (χ4v) is 2.56. The van der Waals surface area contributed by atoms with Crippen molar-refractivity contribution in [3.63, 3.8) is 0 Å². The molecule has 0 saturated heterocycles. The van der Waals surface area contributed by atoms with Crippen LogP contribution in [0.2, 0.25) is 0 Å². The van der Waals surface area contributed by atoms with Crippen LogP contribution in [0.1, 0.15) is 39.5 Å². The summed E-state index contributed by atoms with van der Waals surface area (Å²) in [7, 11) is 0. The minimum absolute atomic E-state index is 0.673. The molecule has 0 heterocycles. The third-order valence-electron chi connectivity index (χ3n) is 3.08. The maximum absolute atomic E-state index is 4.30. The molecule has 70 valence electrons. The van der Waals surface area contributed by atoms with E-state index in [4.69, 9.17) is 0 Å². The molecule has 0 aromatic rings. The first-order valence-electron chi connectivity index (χ1n) is 4.86. The van der Waals surface area contributed by atoms with E-state index >= 15 is 0 Å². The number of rotatable bonds is 2. The van der Waals surface area contributed by atoms with E-state index in [0.29, 0.717) is 5.92 Å². The molecule has 0 nitrogen and oxygen atoms in total. The molecule has 2 heteroatoms. The van der Waals surface area contributed by atoms with Gasteiger partial charge in [-0.2, -0.15) is 0 Å². The highest BCUT2D eigenvalue weighted by Crippen LogP contribution is 2.33. The topological polar surface area (TPSA) is 0 Å².